The summed E-state index contributed by atoms with van der Waals surface area (Å²) in [6.45, 7) is 9.23. The minimum absolute atomic E-state index is 0.257. The largest absolute Gasteiger partial charge is 0.444 e. The van der Waals surface area contributed by atoms with E-state index in [1.807, 2.05) is 67.8 Å². The lowest BCUT2D eigenvalue weighted by Crippen LogP contribution is -2.49. The molecule has 0 bridgehead atoms. The standard InChI is InChI=1S/C34H34N8O2/c1-34(2,3)44-33(43)41-19-17-40(18-20-41)22-23-10-12-25(13-11-23)42-31(27-9-6-16-37-30(27)36)39-29-15-14-28(38-32(29)42)26-8-5-4-7-24(26)21-35/h4-16H,17-20,22H2,1-3H3,(H2,36,37). The van der Waals surface area contributed by atoms with Gasteiger partial charge in [0.15, 0.2) is 11.5 Å². The van der Waals surface area contributed by atoms with Crippen LogP contribution in [0.15, 0.2) is 79.0 Å². The Balaban J connectivity index is 1.30. The molecule has 222 valence electrons. The van der Waals surface area contributed by atoms with Gasteiger partial charge < -0.3 is 15.4 Å². The van der Waals surface area contributed by atoms with Crippen molar-refractivity contribution in [3.8, 4) is 34.4 Å². The predicted molar refractivity (Wildman–Crippen MR) is 170 cm³/mol. The molecule has 3 aromatic heterocycles. The summed E-state index contributed by atoms with van der Waals surface area (Å²) >= 11 is 0. The number of nitrogens with zero attached hydrogens (tertiary/aromatic N) is 7. The van der Waals surface area contributed by atoms with Crippen molar-refractivity contribution >= 4 is 23.1 Å². The maximum Gasteiger partial charge on any atom is 0.410 e. The van der Waals surface area contributed by atoms with Crippen LogP contribution in [0.4, 0.5) is 10.6 Å². The molecule has 10 heteroatoms. The van der Waals surface area contributed by atoms with Gasteiger partial charge in [0.1, 0.15) is 16.9 Å². The van der Waals surface area contributed by atoms with E-state index >= 15 is 0 Å². The van der Waals surface area contributed by atoms with E-state index in [2.05, 4.69) is 40.2 Å². The van der Waals surface area contributed by atoms with Gasteiger partial charge in [0, 0.05) is 50.2 Å². The highest BCUT2D eigenvalue weighted by molar-refractivity contribution is 5.85. The number of hydrogen-bond donors (Lipinski definition) is 1. The van der Waals surface area contributed by atoms with Gasteiger partial charge in [-0.25, -0.2) is 19.7 Å². The third-order valence-electron chi connectivity index (χ3n) is 7.53. The zero-order valence-corrected chi connectivity index (χ0v) is 25.1. The van der Waals surface area contributed by atoms with Gasteiger partial charge in [-0.15, -0.1) is 0 Å². The molecule has 1 amide bonds. The number of hydrogen-bond acceptors (Lipinski definition) is 8. The quantitative estimate of drug-likeness (QED) is 0.280. The van der Waals surface area contributed by atoms with Crippen molar-refractivity contribution in [1.29, 1.82) is 5.26 Å². The van der Waals surface area contributed by atoms with E-state index in [4.69, 9.17) is 20.4 Å². The number of benzene rings is 2. The molecule has 0 aliphatic carbocycles. The van der Waals surface area contributed by atoms with Crippen LogP contribution in [-0.4, -0.2) is 67.2 Å². The molecule has 2 N–H and O–H groups in total. The van der Waals surface area contributed by atoms with E-state index in [0.29, 0.717) is 52.7 Å². The zero-order chi connectivity index (χ0) is 30.8. The smallest absolute Gasteiger partial charge is 0.410 e. The van der Waals surface area contributed by atoms with Crippen LogP contribution in [0.1, 0.15) is 31.9 Å². The first-order valence-corrected chi connectivity index (χ1v) is 14.6. The van der Waals surface area contributed by atoms with E-state index in [-0.39, 0.29) is 6.09 Å². The Bertz CT molecular complexity index is 1860. The van der Waals surface area contributed by atoms with Crippen molar-refractivity contribution in [3.63, 3.8) is 0 Å². The number of pyridine rings is 2. The molecule has 1 aliphatic heterocycles. The van der Waals surface area contributed by atoms with Crippen molar-refractivity contribution in [2.75, 3.05) is 31.9 Å². The van der Waals surface area contributed by atoms with Gasteiger partial charge in [0.2, 0.25) is 0 Å². The number of fused-ring (bicyclic) bond motifs is 1. The number of nitrogen functional groups attached to an aromatic ring is 1. The average molecular weight is 587 g/mol. The molecule has 6 rings (SSSR count). The Morgan fingerprint density at radius 2 is 1.66 bits per heavy atom. The lowest BCUT2D eigenvalue weighted by atomic mass is 10.1. The summed E-state index contributed by atoms with van der Waals surface area (Å²) in [6, 6.07) is 25.6. The number of nitrogens with two attached hydrogens (primary N) is 1. The van der Waals surface area contributed by atoms with Crippen LogP contribution in [0.2, 0.25) is 0 Å². The monoisotopic (exact) mass is 586 g/mol. The molecule has 2 aromatic carbocycles. The number of imidazole rings is 1. The second-order valence-corrected chi connectivity index (χ2v) is 11.8. The topological polar surface area (TPSA) is 126 Å². The molecule has 0 spiro atoms. The molecule has 0 unspecified atom stereocenters. The van der Waals surface area contributed by atoms with E-state index in [1.165, 1.54) is 0 Å². The number of ether oxygens (including phenoxy) is 1. The van der Waals surface area contributed by atoms with Gasteiger partial charge in [0.25, 0.3) is 0 Å². The highest BCUT2D eigenvalue weighted by atomic mass is 16.6. The first-order chi connectivity index (χ1) is 21.2. The summed E-state index contributed by atoms with van der Waals surface area (Å²) < 4.78 is 7.52. The summed E-state index contributed by atoms with van der Waals surface area (Å²) in [5.74, 6) is 1.01. The first kappa shape index (κ1) is 28.8. The SMILES string of the molecule is CC(C)(C)OC(=O)N1CCN(Cc2ccc(-n3c(-c4cccnc4N)nc4ccc(-c5ccccc5C#N)nc43)cc2)CC1. The van der Waals surface area contributed by atoms with Crippen LogP contribution >= 0.6 is 0 Å². The van der Waals surface area contributed by atoms with Crippen molar-refractivity contribution < 1.29 is 9.53 Å². The summed E-state index contributed by atoms with van der Waals surface area (Å²) in [5.41, 5.74) is 11.9. The van der Waals surface area contributed by atoms with Gasteiger partial charge >= 0.3 is 6.09 Å². The van der Waals surface area contributed by atoms with Crippen LogP contribution in [-0.2, 0) is 11.3 Å². The molecule has 1 saturated heterocycles. The number of carbonyl (C=O) groups is 1. The Kier molecular flexibility index (Phi) is 7.72. The van der Waals surface area contributed by atoms with Crippen LogP contribution in [0.3, 0.4) is 0 Å². The molecule has 0 saturated carbocycles. The van der Waals surface area contributed by atoms with E-state index < -0.39 is 5.60 Å². The van der Waals surface area contributed by atoms with Crippen molar-refractivity contribution in [3.05, 3.63) is 90.1 Å². The maximum atomic E-state index is 12.5. The van der Waals surface area contributed by atoms with Gasteiger partial charge in [-0.05, 0) is 68.8 Å². The summed E-state index contributed by atoms with van der Waals surface area (Å²) in [6.07, 6.45) is 1.40. The minimum Gasteiger partial charge on any atom is -0.444 e. The summed E-state index contributed by atoms with van der Waals surface area (Å²) in [7, 11) is 0. The average Bonchev–Trinajstić information content (AvgIpc) is 3.39. The normalized spacial score (nSPS) is 14.0. The van der Waals surface area contributed by atoms with Crippen LogP contribution < -0.4 is 5.73 Å². The number of carbonyl (C=O) groups excluding carboxylic acids is 1. The number of anilines is 1. The summed E-state index contributed by atoms with van der Waals surface area (Å²) in [5, 5.41) is 9.69. The fraction of sp³-hybridized carbons (Fsp3) is 0.265. The number of aromatic nitrogens is 4. The molecule has 10 nitrogen and oxygen atoms in total. The van der Waals surface area contributed by atoms with Crippen LogP contribution in [0.5, 0.6) is 0 Å². The van der Waals surface area contributed by atoms with E-state index in [1.54, 1.807) is 17.2 Å². The number of rotatable bonds is 5. The molecule has 0 radical (unpaired) electrons. The molecule has 1 aliphatic rings. The lowest BCUT2D eigenvalue weighted by molar-refractivity contribution is 0.0139. The highest BCUT2D eigenvalue weighted by Gasteiger charge is 2.26. The molecule has 0 atom stereocenters. The van der Waals surface area contributed by atoms with Crippen molar-refractivity contribution in [1.82, 2.24) is 29.3 Å². The van der Waals surface area contributed by atoms with Gasteiger partial charge in [-0.2, -0.15) is 5.26 Å². The zero-order valence-electron chi connectivity index (χ0n) is 25.1. The third-order valence-corrected chi connectivity index (χ3v) is 7.53. The van der Waals surface area contributed by atoms with E-state index in [0.717, 1.165) is 36.4 Å². The third kappa shape index (κ3) is 5.96. The molecule has 4 heterocycles. The van der Waals surface area contributed by atoms with Crippen LogP contribution in [0, 0.1) is 11.3 Å². The van der Waals surface area contributed by atoms with E-state index in [9.17, 15) is 10.1 Å². The fourth-order valence-corrected chi connectivity index (χ4v) is 5.37. The van der Waals surface area contributed by atoms with Gasteiger partial charge in [-0.3, -0.25) is 9.47 Å². The lowest BCUT2D eigenvalue weighted by Gasteiger charge is -2.35. The first-order valence-electron chi connectivity index (χ1n) is 14.6. The number of amides is 1. The Hall–Kier alpha value is -5.27. The Morgan fingerprint density at radius 1 is 0.932 bits per heavy atom. The van der Waals surface area contributed by atoms with Crippen LogP contribution in [0.25, 0.3) is 39.5 Å². The second-order valence-electron chi connectivity index (χ2n) is 11.8. The number of piperazine rings is 1. The highest BCUT2D eigenvalue weighted by Crippen LogP contribution is 2.32. The molecular formula is C34H34N8O2. The summed E-state index contributed by atoms with van der Waals surface area (Å²) in [4.78, 5) is 30.8. The van der Waals surface area contributed by atoms with Crippen molar-refractivity contribution in [2.45, 2.75) is 32.9 Å². The van der Waals surface area contributed by atoms with Gasteiger partial charge in [0.05, 0.1) is 22.9 Å². The fourth-order valence-electron chi connectivity index (χ4n) is 5.37. The maximum absolute atomic E-state index is 12.5. The molecular weight excluding hydrogens is 552 g/mol. The van der Waals surface area contributed by atoms with Gasteiger partial charge in [-0.1, -0.05) is 30.3 Å². The predicted octanol–water partition coefficient (Wildman–Crippen LogP) is 5.66. The minimum atomic E-state index is -0.503. The second kappa shape index (κ2) is 11.8. The Morgan fingerprint density at radius 3 is 2.36 bits per heavy atom. The number of nitriles is 1. The molecule has 5 aromatic rings. The van der Waals surface area contributed by atoms with Crippen molar-refractivity contribution in [2.24, 2.45) is 0 Å². The molecule has 1 fully saturated rings. The molecule has 44 heavy (non-hydrogen) atoms. The Labute approximate surface area is 256 Å².